The van der Waals surface area contributed by atoms with Crippen molar-refractivity contribution in [1.29, 1.82) is 0 Å². The second kappa shape index (κ2) is 6.83. The van der Waals surface area contributed by atoms with Gasteiger partial charge in [-0.15, -0.1) is 0 Å². The van der Waals surface area contributed by atoms with Gasteiger partial charge in [-0.25, -0.2) is 9.79 Å². The van der Waals surface area contributed by atoms with Crippen LogP contribution in [0.1, 0.15) is 42.7 Å². The van der Waals surface area contributed by atoms with Crippen LogP contribution in [0, 0.1) is 5.41 Å². The van der Waals surface area contributed by atoms with E-state index in [1.165, 1.54) is 24.0 Å². The van der Waals surface area contributed by atoms with Gasteiger partial charge < -0.3 is 4.90 Å². The Labute approximate surface area is 149 Å². The molecule has 1 aliphatic heterocycles. The van der Waals surface area contributed by atoms with E-state index in [9.17, 15) is 4.79 Å². The van der Waals surface area contributed by atoms with Gasteiger partial charge in [-0.1, -0.05) is 60.7 Å². The van der Waals surface area contributed by atoms with Gasteiger partial charge in [-0.2, -0.15) is 0 Å². The van der Waals surface area contributed by atoms with Crippen LogP contribution in [0.3, 0.4) is 0 Å². The molecule has 0 unspecified atom stereocenters. The smallest absolute Gasteiger partial charge is 0.318 e. The van der Waals surface area contributed by atoms with Gasteiger partial charge in [-0.05, 0) is 42.7 Å². The van der Waals surface area contributed by atoms with Gasteiger partial charge in [0.25, 0.3) is 0 Å². The van der Waals surface area contributed by atoms with Crippen LogP contribution in [0.5, 0.6) is 0 Å². The van der Waals surface area contributed by atoms with Crippen molar-refractivity contribution in [3.8, 4) is 0 Å². The molecule has 0 aromatic heterocycles. The summed E-state index contributed by atoms with van der Waals surface area (Å²) in [6.45, 7) is 1.45. The maximum Gasteiger partial charge on any atom is 0.343 e. The van der Waals surface area contributed by atoms with E-state index in [-0.39, 0.29) is 11.4 Å². The highest BCUT2D eigenvalue weighted by atomic mass is 16.2. The van der Waals surface area contributed by atoms with Crippen molar-refractivity contribution in [3.63, 3.8) is 0 Å². The van der Waals surface area contributed by atoms with Gasteiger partial charge >= 0.3 is 6.03 Å². The molecule has 2 amide bonds. The molecule has 128 valence electrons. The number of urea groups is 1. The van der Waals surface area contributed by atoms with Gasteiger partial charge in [0.2, 0.25) is 0 Å². The van der Waals surface area contributed by atoms with Gasteiger partial charge in [0.1, 0.15) is 0 Å². The second-order valence-corrected chi connectivity index (χ2v) is 7.43. The molecule has 0 bridgehead atoms. The number of aliphatic imine (C=N–C) groups is 1. The van der Waals surface area contributed by atoms with E-state index in [4.69, 9.17) is 0 Å². The summed E-state index contributed by atoms with van der Waals surface area (Å²) in [5.74, 6) is 0.639. The van der Waals surface area contributed by atoms with Crippen LogP contribution in [-0.2, 0) is 6.54 Å². The lowest BCUT2D eigenvalue weighted by Crippen LogP contribution is -2.46. The number of carbonyl (C=O) groups is 1. The lowest BCUT2D eigenvalue weighted by molar-refractivity contribution is 0.151. The van der Waals surface area contributed by atoms with Crippen LogP contribution in [0.2, 0.25) is 0 Å². The van der Waals surface area contributed by atoms with E-state index >= 15 is 0 Å². The van der Waals surface area contributed by atoms with E-state index in [1.807, 2.05) is 29.3 Å². The quantitative estimate of drug-likeness (QED) is 0.775. The first-order valence-electron chi connectivity index (χ1n) is 9.17. The second-order valence-electron chi connectivity index (χ2n) is 7.43. The first-order chi connectivity index (χ1) is 12.2. The molecule has 1 fully saturated rings. The molecule has 3 nitrogen and oxygen atoms in total. The monoisotopic (exact) mass is 332 g/mol. The first kappa shape index (κ1) is 16.1. The van der Waals surface area contributed by atoms with Crippen LogP contribution in [0.25, 0.3) is 0 Å². The molecule has 1 spiro atoms. The van der Waals surface area contributed by atoms with E-state index < -0.39 is 0 Å². The average molecular weight is 332 g/mol. The minimum absolute atomic E-state index is 0.0635. The van der Waals surface area contributed by atoms with Crippen molar-refractivity contribution in [2.24, 2.45) is 10.4 Å². The summed E-state index contributed by atoms with van der Waals surface area (Å²) in [7, 11) is 0. The Hall–Kier alpha value is -2.42. The van der Waals surface area contributed by atoms with E-state index in [2.05, 4.69) is 47.5 Å². The van der Waals surface area contributed by atoms with E-state index in [0.29, 0.717) is 12.5 Å². The molecule has 1 saturated carbocycles. The van der Waals surface area contributed by atoms with Crippen molar-refractivity contribution in [2.45, 2.75) is 38.1 Å². The van der Waals surface area contributed by atoms with Gasteiger partial charge in [0.15, 0.2) is 0 Å². The Morgan fingerprint density at radius 1 is 0.960 bits per heavy atom. The zero-order valence-corrected chi connectivity index (χ0v) is 14.5. The number of hydrogen-bond donors (Lipinski definition) is 0. The van der Waals surface area contributed by atoms with Crippen LogP contribution >= 0.6 is 0 Å². The third-order valence-electron chi connectivity index (χ3n) is 5.69. The summed E-state index contributed by atoms with van der Waals surface area (Å²) in [6.07, 6.45) is 6.51. The number of benzene rings is 2. The van der Waals surface area contributed by atoms with Crippen molar-refractivity contribution in [2.75, 3.05) is 6.54 Å². The van der Waals surface area contributed by atoms with Crippen molar-refractivity contribution in [1.82, 2.24) is 4.90 Å². The van der Waals surface area contributed by atoms with E-state index in [0.717, 1.165) is 19.4 Å². The summed E-state index contributed by atoms with van der Waals surface area (Å²) >= 11 is 0. The Morgan fingerprint density at radius 2 is 1.60 bits per heavy atom. The number of nitrogens with zero attached hydrogens (tertiary/aromatic N) is 2. The minimum Gasteiger partial charge on any atom is -0.318 e. The predicted molar refractivity (Wildman–Crippen MR) is 101 cm³/mol. The van der Waals surface area contributed by atoms with Gasteiger partial charge in [0.05, 0.1) is 0 Å². The first-order valence-corrected chi connectivity index (χ1v) is 9.17. The van der Waals surface area contributed by atoms with Gasteiger partial charge in [0, 0.05) is 24.7 Å². The molecular formula is C22H24N2O. The third kappa shape index (κ3) is 3.51. The molecule has 1 heterocycles. The number of rotatable bonds is 3. The van der Waals surface area contributed by atoms with Crippen molar-refractivity contribution in [3.05, 3.63) is 71.8 Å². The fraction of sp³-hybridized carbons (Fsp3) is 0.364. The molecule has 1 aliphatic carbocycles. The van der Waals surface area contributed by atoms with Crippen LogP contribution in [-0.4, -0.2) is 23.7 Å². The Bertz CT molecular complexity index is 746. The molecular weight excluding hydrogens is 308 g/mol. The molecule has 3 heteroatoms. The van der Waals surface area contributed by atoms with Gasteiger partial charge in [-0.3, -0.25) is 0 Å². The summed E-state index contributed by atoms with van der Waals surface area (Å²) < 4.78 is 0. The highest BCUT2D eigenvalue weighted by Crippen LogP contribution is 2.43. The standard InChI is InChI=1S/C22H24N2O/c25-21-23-16-22(17-24(21)15-18-7-3-1-4-8-18)13-11-20(12-14-22)19-9-5-2-6-10-19/h1-10,16,20H,11-15,17H2. The Kier molecular flexibility index (Phi) is 4.39. The lowest BCUT2D eigenvalue weighted by atomic mass is 9.69. The molecule has 0 radical (unpaired) electrons. The largest absolute Gasteiger partial charge is 0.343 e. The summed E-state index contributed by atoms with van der Waals surface area (Å²) in [5, 5.41) is 0. The SMILES string of the molecule is O=C1N=CC2(CCC(c3ccccc3)CC2)CN1Cc1ccccc1. The third-order valence-corrected chi connectivity index (χ3v) is 5.69. The number of hydrogen-bond acceptors (Lipinski definition) is 1. The average Bonchev–Trinajstić information content (AvgIpc) is 2.67. The zero-order chi connectivity index (χ0) is 17.1. The van der Waals surface area contributed by atoms with Crippen LogP contribution in [0.15, 0.2) is 65.7 Å². The summed E-state index contributed by atoms with van der Waals surface area (Å²) in [4.78, 5) is 18.4. The lowest BCUT2D eigenvalue weighted by Gasteiger charge is -2.42. The van der Waals surface area contributed by atoms with Crippen molar-refractivity contribution < 1.29 is 4.79 Å². The van der Waals surface area contributed by atoms with Crippen LogP contribution in [0.4, 0.5) is 4.79 Å². The Morgan fingerprint density at radius 3 is 2.28 bits per heavy atom. The maximum absolute atomic E-state index is 12.2. The minimum atomic E-state index is -0.0975. The number of carbonyl (C=O) groups excluding carboxylic acids is 1. The highest BCUT2D eigenvalue weighted by molar-refractivity contribution is 5.88. The molecule has 0 saturated heterocycles. The van der Waals surface area contributed by atoms with Crippen LogP contribution < -0.4 is 0 Å². The summed E-state index contributed by atoms with van der Waals surface area (Å²) in [6, 6.07) is 20.9. The Balaban J connectivity index is 1.44. The van der Waals surface area contributed by atoms with Crippen molar-refractivity contribution >= 4 is 12.2 Å². The molecule has 0 atom stereocenters. The maximum atomic E-state index is 12.2. The molecule has 25 heavy (non-hydrogen) atoms. The topological polar surface area (TPSA) is 32.7 Å². The fourth-order valence-corrected chi connectivity index (χ4v) is 4.23. The summed E-state index contributed by atoms with van der Waals surface area (Å²) in [5.41, 5.74) is 2.68. The molecule has 0 N–H and O–H groups in total. The normalized spacial score (nSPS) is 26.2. The molecule has 2 aliphatic rings. The molecule has 2 aromatic carbocycles. The predicted octanol–water partition coefficient (Wildman–Crippen LogP) is 5.04. The molecule has 4 rings (SSSR count). The fourth-order valence-electron chi connectivity index (χ4n) is 4.23. The highest BCUT2D eigenvalue weighted by Gasteiger charge is 2.39. The molecule has 2 aromatic rings. The van der Waals surface area contributed by atoms with E-state index in [1.54, 1.807) is 0 Å². The zero-order valence-electron chi connectivity index (χ0n) is 14.5. The number of amides is 2.